The molecule has 0 bridgehead atoms. The number of rotatable bonds is 6. The molecule has 5 heteroatoms. The molecule has 2 N–H and O–H groups in total. The Morgan fingerprint density at radius 3 is 2.43 bits per heavy atom. The molecule has 30 heavy (non-hydrogen) atoms. The van der Waals surface area contributed by atoms with Crippen molar-refractivity contribution in [1.29, 1.82) is 0 Å². The van der Waals surface area contributed by atoms with E-state index in [2.05, 4.69) is 12.2 Å². The normalized spacial score (nSPS) is 11.7. The number of thiocarbonyl (C=S) groups is 1. The Labute approximate surface area is 183 Å². The highest BCUT2D eigenvalue weighted by molar-refractivity contribution is 7.81. The predicted octanol–water partition coefficient (Wildman–Crippen LogP) is 3.77. The van der Waals surface area contributed by atoms with Crippen LogP contribution in [0.3, 0.4) is 0 Å². The first-order valence-corrected chi connectivity index (χ1v) is 10.3. The van der Waals surface area contributed by atoms with Crippen molar-refractivity contribution < 1.29 is 14.8 Å². The molecule has 0 saturated heterocycles. The molecule has 0 aliphatic carbocycles. The number of hydrogen-bond acceptors (Lipinski definition) is 3. The van der Waals surface area contributed by atoms with E-state index in [1.807, 2.05) is 56.3 Å². The number of hydrogen-bond donors (Lipinski definition) is 2. The van der Waals surface area contributed by atoms with Crippen LogP contribution in [0.5, 0.6) is 0 Å². The van der Waals surface area contributed by atoms with E-state index in [1.54, 1.807) is 29.1 Å². The average Bonchev–Trinajstić information content (AvgIpc) is 2.77. The molecule has 1 aromatic heterocycles. The molecular weight excluding hydrogens is 392 g/mol. The molecule has 3 rings (SSSR count). The fourth-order valence-electron chi connectivity index (χ4n) is 3.19. The lowest BCUT2D eigenvalue weighted by Crippen LogP contribution is -2.40. The molecule has 154 valence electrons. The highest BCUT2D eigenvalue weighted by Gasteiger charge is 2.20. The van der Waals surface area contributed by atoms with Crippen molar-refractivity contribution in [3.63, 3.8) is 0 Å². The van der Waals surface area contributed by atoms with Crippen LogP contribution in [0.4, 0.5) is 5.69 Å². The highest BCUT2D eigenvalue weighted by Crippen LogP contribution is 2.21. The summed E-state index contributed by atoms with van der Waals surface area (Å²) in [5.41, 5.74) is 5.84. The number of benzene rings is 2. The van der Waals surface area contributed by atoms with Gasteiger partial charge in [-0.2, -0.15) is 4.57 Å². The van der Waals surface area contributed by atoms with Gasteiger partial charge in [-0.1, -0.05) is 55.5 Å². The fourth-order valence-corrected chi connectivity index (χ4v) is 3.50. The Balaban J connectivity index is 2.10. The number of aliphatic hydroxyl groups excluding tert-OH is 1. The van der Waals surface area contributed by atoms with Crippen LogP contribution in [0.15, 0.2) is 67.0 Å². The molecule has 0 fully saturated rings. The van der Waals surface area contributed by atoms with E-state index in [1.165, 1.54) is 5.56 Å². The number of anilines is 1. The summed E-state index contributed by atoms with van der Waals surface area (Å²) in [6.07, 6.45) is 4.40. The van der Waals surface area contributed by atoms with Crippen LogP contribution in [0.1, 0.15) is 34.7 Å². The van der Waals surface area contributed by atoms with E-state index in [9.17, 15) is 10.2 Å². The van der Waals surface area contributed by atoms with Gasteiger partial charge in [0, 0.05) is 17.3 Å². The largest absolute Gasteiger partial charge is 0.867 e. The molecular formula is C25H26N2O2S. The molecule has 0 spiro atoms. The summed E-state index contributed by atoms with van der Waals surface area (Å²) in [5.74, 6) is -0.180. The quantitative estimate of drug-likeness (QED) is 0.277. The lowest BCUT2D eigenvalue weighted by Gasteiger charge is -2.18. The minimum atomic E-state index is -0.180. The van der Waals surface area contributed by atoms with E-state index in [0.29, 0.717) is 21.8 Å². The molecule has 0 unspecified atom stereocenters. The van der Waals surface area contributed by atoms with Gasteiger partial charge in [-0.25, -0.2) is 0 Å². The topological polar surface area (TPSA) is 59.2 Å². The van der Waals surface area contributed by atoms with Crippen molar-refractivity contribution in [2.24, 2.45) is 0 Å². The van der Waals surface area contributed by atoms with E-state index in [0.717, 1.165) is 23.2 Å². The zero-order valence-electron chi connectivity index (χ0n) is 17.5. The van der Waals surface area contributed by atoms with Crippen LogP contribution in [0.2, 0.25) is 0 Å². The minimum absolute atomic E-state index is 0.120. The average molecular weight is 419 g/mol. The van der Waals surface area contributed by atoms with Crippen LogP contribution in [0, 0.1) is 13.8 Å². The number of nitrogens with one attached hydrogen (secondary N) is 1. The third-order valence-corrected chi connectivity index (χ3v) is 5.51. The van der Waals surface area contributed by atoms with Crippen molar-refractivity contribution in [2.75, 3.05) is 5.32 Å². The number of aliphatic hydroxyl groups is 1. The Morgan fingerprint density at radius 2 is 1.77 bits per heavy atom. The molecule has 0 radical (unpaired) electrons. The van der Waals surface area contributed by atoms with Crippen molar-refractivity contribution in [2.45, 2.75) is 33.8 Å². The summed E-state index contributed by atoms with van der Waals surface area (Å²) in [4.78, 5) is 0.327. The molecule has 0 atom stereocenters. The smallest absolute Gasteiger partial charge is 0.238 e. The number of pyridine rings is 1. The van der Waals surface area contributed by atoms with Crippen LogP contribution in [0.25, 0.3) is 11.5 Å². The second kappa shape index (κ2) is 9.65. The standard InChI is InChI=1S/C25H26N2O2S/c1-4-19-10-12-21(13-11-19)24(29)23(27-14-6-8-20(15-27)16-28)25(30)26-22-9-5-7-17(2)18(22)3/h5-15,28H,4,16H2,1-3H3,(H-,26,29,30). The maximum absolute atomic E-state index is 13.5. The van der Waals surface area contributed by atoms with E-state index in [-0.39, 0.29) is 12.4 Å². The summed E-state index contributed by atoms with van der Waals surface area (Å²) in [5, 5.41) is 26.3. The lowest BCUT2D eigenvalue weighted by atomic mass is 10.1. The van der Waals surface area contributed by atoms with Gasteiger partial charge >= 0.3 is 0 Å². The van der Waals surface area contributed by atoms with E-state index < -0.39 is 0 Å². The van der Waals surface area contributed by atoms with Gasteiger partial charge in [-0.3, -0.25) is 0 Å². The van der Waals surface area contributed by atoms with E-state index in [4.69, 9.17) is 12.2 Å². The third-order valence-electron chi connectivity index (χ3n) is 5.21. The van der Waals surface area contributed by atoms with Crippen molar-refractivity contribution >= 4 is 34.3 Å². The molecule has 0 amide bonds. The molecule has 3 aromatic rings. The van der Waals surface area contributed by atoms with Crippen LogP contribution >= 0.6 is 12.2 Å². The maximum Gasteiger partial charge on any atom is 0.238 e. The fraction of sp³-hybridized carbons (Fsp3) is 0.200. The van der Waals surface area contributed by atoms with Gasteiger partial charge in [0.1, 0.15) is 0 Å². The Bertz CT molecular complexity index is 1090. The van der Waals surface area contributed by atoms with Crippen LogP contribution in [-0.4, -0.2) is 10.1 Å². The number of aryl methyl sites for hydroxylation is 2. The summed E-state index contributed by atoms with van der Waals surface area (Å²) in [6, 6.07) is 17.1. The molecule has 0 aliphatic heterocycles. The number of nitrogens with zero attached hydrogens (tertiary/aromatic N) is 1. The van der Waals surface area contributed by atoms with Gasteiger partial charge < -0.3 is 15.5 Å². The van der Waals surface area contributed by atoms with Gasteiger partial charge in [-0.05, 0) is 60.4 Å². The Morgan fingerprint density at radius 1 is 1.03 bits per heavy atom. The lowest BCUT2D eigenvalue weighted by molar-refractivity contribution is -0.578. The van der Waals surface area contributed by atoms with Gasteiger partial charge in [0.25, 0.3) is 0 Å². The van der Waals surface area contributed by atoms with Crippen LogP contribution in [-0.2, 0) is 13.0 Å². The molecule has 4 nitrogen and oxygen atoms in total. The molecule has 1 heterocycles. The Kier molecular flexibility index (Phi) is 6.98. The zero-order valence-corrected chi connectivity index (χ0v) is 18.3. The Hall–Kier alpha value is -3.02. The minimum Gasteiger partial charge on any atom is -0.867 e. The van der Waals surface area contributed by atoms with Gasteiger partial charge in [0.05, 0.1) is 6.61 Å². The second-order valence-electron chi connectivity index (χ2n) is 7.21. The van der Waals surface area contributed by atoms with Crippen molar-refractivity contribution in [3.8, 4) is 0 Å². The molecule has 0 aliphatic rings. The second-order valence-corrected chi connectivity index (χ2v) is 7.62. The number of aromatic nitrogens is 1. The molecule has 2 aromatic carbocycles. The predicted molar refractivity (Wildman–Crippen MR) is 124 cm³/mol. The van der Waals surface area contributed by atoms with Gasteiger partial charge in [0.2, 0.25) is 5.70 Å². The van der Waals surface area contributed by atoms with Gasteiger partial charge in [0.15, 0.2) is 17.4 Å². The summed E-state index contributed by atoms with van der Waals surface area (Å²) in [7, 11) is 0. The SMILES string of the molecule is CCc1ccc(C([O-])=C(C(=S)Nc2cccc(C)c2C)[n+]2cccc(CO)c2)cc1. The first kappa shape index (κ1) is 21.7. The zero-order chi connectivity index (χ0) is 21.7. The first-order chi connectivity index (χ1) is 14.4. The maximum atomic E-state index is 13.5. The van der Waals surface area contributed by atoms with Crippen molar-refractivity contribution in [1.82, 2.24) is 0 Å². The summed E-state index contributed by atoms with van der Waals surface area (Å²) >= 11 is 5.69. The summed E-state index contributed by atoms with van der Waals surface area (Å²) < 4.78 is 1.68. The highest BCUT2D eigenvalue weighted by atomic mass is 32.1. The van der Waals surface area contributed by atoms with Gasteiger partial charge in [-0.15, -0.1) is 0 Å². The molecule has 0 saturated carbocycles. The first-order valence-electron chi connectivity index (χ1n) is 9.94. The summed E-state index contributed by atoms with van der Waals surface area (Å²) in [6.45, 7) is 6.01. The van der Waals surface area contributed by atoms with E-state index >= 15 is 0 Å². The van der Waals surface area contributed by atoms with Crippen molar-refractivity contribution in [3.05, 3.63) is 94.8 Å². The monoisotopic (exact) mass is 418 g/mol. The van der Waals surface area contributed by atoms with Crippen LogP contribution < -0.4 is 15.0 Å². The third kappa shape index (κ3) is 4.75.